The summed E-state index contributed by atoms with van der Waals surface area (Å²) in [7, 11) is 0. The number of halogens is 2. The first-order valence-electron chi connectivity index (χ1n) is 9.17. The van der Waals surface area contributed by atoms with E-state index in [0.29, 0.717) is 44.7 Å². The third kappa shape index (κ3) is 5.31. The van der Waals surface area contributed by atoms with Crippen molar-refractivity contribution in [2.45, 2.75) is 25.9 Å². The number of benzene rings is 1. The first-order valence-corrected chi connectivity index (χ1v) is 9.17. The quantitative estimate of drug-likeness (QED) is 0.786. The highest BCUT2D eigenvalue weighted by molar-refractivity contribution is 5.91. The summed E-state index contributed by atoms with van der Waals surface area (Å²) >= 11 is 0. The molecule has 1 aromatic heterocycles. The molecule has 0 unspecified atom stereocenters. The summed E-state index contributed by atoms with van der Waals surface area (Å²) in [6.07, 6.45) is 3.28. The maximum absolute atomic E-state index is 12.3. The zero-order valence-electron chi connectivity index (χ0n) is 15.3. The predicted molar refractivity (Wildman–Crippen MR) is 97.1 cm³/mol. The fourth-order valence-electron chi connectivity index (χ4n) is 3.21. The highest BCUT2D eigenvalue weighted by Crippen LogP contribution is 2.20. The van der Waals surface area contributed by atoms with Crippen molar-refractivity contribution < 1.29 is 27.5 Å². The molecule has 1 aromatic carbocycles. The van der Waals surface area contributed by atoms with Crippen LogP contribution in [-0.4, -0.2) is 43.0 Å². The number of amides is 2. The lowest BCUT2D eigenvalue weighted by Crippen LogP contribution is -2.43. The number of alkyl halides is 2. The Labute approximate surface area is 161 Å². The van der Waals surface area contributed by atoms with Crippen molar-refractivity contribution in [3.05, 3.63) is 54.0 Å². The molecule has 150 valence electrons. The lowest BCUT2D eigenvalue weighted by Gasteiger charge is -2.30. The minimum absolute atomic E-state index is 0.0252. The van der Waals surface area contributed by atoms with Crippen LogP contribution in [0.4, 0.5) is 8.78 Å². The van der Waals surface area contributed by atoms with Crippen LogP contribution in [0.5, 0.6) is 5.75 Å². The topological polar surface area (TPSA) is 71.8 Å². The van der Waals surface area contributed by atoms with Gasteiger partial charge in [0.05, 0.1) is 6.26 Å². The van der Waals surface area contributed by atoms with Crippen LogP contribution in [0.25, 0.3) is 0 Å². The number of hydrogen-bond donors (Lipinski definition) is 1. The third-order valence-electron chi connectivity index (χ3n) is 4.75. The highest BCUT2D eigenvalue weighted by Gasteiger charge is 2.28. The van der Waals surface area contributed by atoms with Gasteiger partial charge in [0.15, 0.2) is 5.76 Å². The monoisotopic (exact) mass is 392 g/mol. The van der Waals surface area contributed by atoms with E-state index in [9.17, 15) is 18.4 Å². The summed E-state index contributed by atoms with van der Waals surface area (Å²) in [5, 5.41) is 2.91. The van der Waals surface area contributed by atoms with Gasteiger partial charge >= 0.3 is 6.61 Å². The Kier molecular flexibility index (Phi) is 6.62. The molecule has 0 atom stereocenters. The Morgan fingerprint density at radius 1 is 1.18 bits per heavy atom. The lowest BCUT2D eigenvalue weighted by atomic mass is 9.95. The van der Waals surface area contributed by atoms with Crippen LogP contribution in [-0.2, 0) is 11.2 Å². The third-order valence-corrected chi connectivity index (χ3v) is 4.75. The van der Waals surface area contributed by atoms with E-state index in [-0.39, 0.29) is 23.5 Å². The van der Waals surface area contributed by atoms with Gasteiger partial charge in [-0.05, 0) is 49.1 Å². The molecular formula is C20H22F2N2O4. The van der Waals surface area contributed by atoms with Gasteiger partial charge in [-0.15, -0.1) is 0 Å². The molecule has 8 heteroatoms. The normalized spacial score (nSPS) is 14.9. The van der Waals surface area contributed by atoms with Crippen LogP contribution in [0.2, 0.25) is 0 Å². The van der Waals surface area contributed by atoms with Crippen LogP contribution >= 0.6 is 0 Å². The van der Waals surface area contributed by atoms with Crippen LogP contribution in [0.15, 0.2) is 47.1 Å². The second kappa shape index (κ2) is 9.34. The predicted octanol–water partition coefficient (Wildman–Crippen LogP) is 3.09. The van der Waals surface area contributed by atoms with Gasteiger partial charge in [-0.1, -0.05) is 12.1 Å². The SMILES string of the molecule is O=C(NCCc1ccc(OC(F)F)cc1)C1CCN(C(=O)c2ccco2)CC1. The van der Waals surface area contributed by atoms with Gasteiger partial charge in [0, 0.05) is 25.6 Å². The van der Waals surface area contributed by atoms with E-state index in [1.54, 1.807) is 29.2 Å². The first-order chi connectivity index (χ1) is 13.5. The second-order valence-electron chi connectivity index (χ2n) is 6.61. The van der Waals surface area contributed by atoms with Crippen molar-refractivity contribution in [1.82, 2.24) is 10.2 Å². The molecule has 0 spiro atoms. The lowest BCUT2D eigenvalue weighted by molar-refractivity contribution is -0.126. The summed E-state index contributed by atoms with van der Waals surface area (Å²) in [5.41, 5.74) is 0.917. The molecule has 0 saturated carbocycles. The van der Waals surface area contributed by atoms with Gasteiger partial charge in [0.2, 0.25) is 5.91 Å². The van der Waals surface area contributed by atoms with Crippen molar-refractivity contribution >= 4 is 11.8 Å². The first kappa shape index (κ1) is 19.9. The van der Waals surface area contributed by atoms with Gasteiger partial charge in [-0.25, -0.2) is 0 Å². The summed E-state index contributed by atoms with van der Waals surface area (Å²) in [4.78, 5) is 26.3. The van der Waals surface area contributed by atoms with Crippen molar-refractivity contribution in [3.8, 4) is 5.75 Å². The Balaban J connectivity index is 1.38. The van der Waals surface area contributed by atoms with Gasteiger partial charge in [0.1, 0.15) is 5.75 Å². The van der Waals surface area contributed by atoms with Crippen molar-refractivity contribution in [2.24, 2.45) is 5.92 Å². The molecule has 2 heterocycles. The van der Waals surface area contributed by atoms with Crippen LogP contribution in [0, 0.1) is 5.92 Å². The number of likely N-dealkylation sites (tertiary alicyclic amines) is 1. The largest absolute Gasteiger partial charge is 0.459 e. The molecule has 1 saturated heterocycles. The maximum Gasteiger partial charge on any atom is 0.387 e. The highest BCUT2D eigenvalue weighted by atomic mass is 19.3. The zero-order valence-corrected chi connectivity index (χ0v) is 15.3. The van der Waals surface area contributed by atoms with Gasteiger partial charge in [0.25, 0.3) is 5.91 Å². The number of ether oxygens (including phenoxy) is 1. The van der Waals surface area contributed by atoms with Crippen molar-refractivity contribution in [1.29, 1.82) is 0 Å². The number of carbonyl (C=O) groups is 2. The second-order valence-corrected chi connectivity index (χ2v) is 6.61. The number of nitrogens with zero attached hydrogens (tertiary/aromatic N) is 1. The minimum atomic E-state index is -2.84. The average Bonchev–Trinajstić information content (AvgIpc) is 3.23. The molecule has 6 nitrogen and oxygen atoms in total. The van der Waals surface area contributed by atoms with Gasteiger partial charge in [-0.3, -0.25) is 9.59 Å². The molecule has 2 aromatic rings. The molecule has 3 rings (SSSR count). The van der Waals surface area contributed by atoms with Crippen LogP contribution in [0.1, 0.15) is 29.0 Å². The Morgan fingerprint density at radius 2 is 1.89 bits per heavy atom. The van der Waals surface area contributed by atoms with E-state index in [1.165, 1.54) is 18.4 Å². The summed E-state index contributed by atoms with van der Waals surface area (Å²) in [6, 6.07) is 9.66. The molecule has 2 amide bonds. The Bertz CT molecular complexity index is 770. The number of rotatable bonds is 7. The van der Waals surface area contributed by atoms with Crippen molar-refractivity contribution in [2.75, 3.05) is 19.6 Å². The van der Waals surface area contributed by atoms with Crippen LogP contribution < -0.4 is 10.1 Å². The fraction of sp³-hybridized carbons (Fsp3) is 0.400. The molecule has 0 radical (unpaired) electrons. The smallest absolute Gasteiger partial charge is 0.387 e. The summed E-state index contributed by atoms with van der Waals surface area (Å²) < 4.78 is 33.7. The number of piperidine rings is 1. The van der Waals surface area contributed by atoms with E-state index in [1.807, 2.05) is 0 Å². The van der Waals surface area contributed by atoms with E-state index in [4.69, 9.17) is 4.42 Å². The Hall–Kier alpha value is -2.90. The molecule has 1 aliphatic heterocycles. The fourth-order valence-corrected chi connectivity index (χ4v) is 3.21. The summed E-state index contributed by atoms with van der Waals surface area (Å²) in [5.74, 6) is 0.125. The minimum Gasteiger partial charge on any atom is -0.459 e. The molecule has 1 N–H and O–H groups in total. The molecular weight excluding hydrogens is 370 g/mol. The van der Waals surface area contributed by atoms with E-state index < -0.39 is 6.61 Å². The van der Waals surface area contributed by atoms with Crippen molar-refractivity contribution in [3.63, 3.8) is 0 Å². The molecule has 0 bridgehead atoms. The van der Waals surface area contributed by atoms with Gasteiger partial charge < -0.3 is 19.4 Å². The van der Waals surface area contributed by atoms with E-state index in [2.05, 4.69) is 10.1 Å². The van der Waals surface area contributed by atoms with E-state index >= 15 is 0 Å². The molecule has 28 heavy (non-hydrogen) atoms. The molecule has 0 aliphatic carbocycles. The van der Waals surface area contributed by atoms with Gasteiger partial charge in [-0.2, -0.15) is 8.78 Å². The van der Waals surface area contributed by atoms with Crippen LogP contribution in [0.3, 0.4) is 0 Å². The summed E-state index contributed by atoms with van der Waals surface area (Å²) in [6.45, 7) is -1.35. The average molecular weight is 392 g/mol. The number of nitrogens with one attached hydrogen (secondary N) is 1. The number of furan rings is 1. The molecule has 1 fully saturated rings. The Morgan fingerprint density at radius 3 is 2.50 bits per heavy atom. The standard InChI is InChI=1S/C20H22F2N2O4/c21-20(22)28-16-5-3-14(4-6-16)7-10-23-18(25)15-8-11-24(12-9-15)19(26)17-2-1-13-27-17/h1-6,13,15,20H,7-12H2,(H,23,25). The maximum atomic E-state index is 12.3. The van der Waals surface area contributed by atoms with E-state index in [0.717, 1.165) is 5.56 Å². The number of hydrogen-bond acceptors (Lipinski definition) is 4. The number of carbonyl (C=O) groups excluding carboxylic acids is 2. The zero-order chi connectivity index (χ0) is 19.9. The molecule has 1 aliphatic rings.